The van der Waals surface area contributed by atoms with E-state index in [-0.39, 0.29) is 0 Å². The summed E-state index contributed by atoms with van der Waals surface area (Å²) in [5, 5.41) is 7.66. The van der Waals surface area contributed by atoms with Crippen LogP contribution in [-0.2, 0) is 6.54 Å². The molecule has 0 saturated carbocycles. The third-order valence-electron chi connectivity index (χ3n) is 3.75. The standard InChI is InChI=1S/C14H25N3O/c1-4-7-15-13-6-5-8-17(9-13)10-14-11(2)16-18-12(14)3/h13,15H,4-10H2,1-3H3. The average molecular weight is 251 g/mol. The van der Waals surface area contributed by atoms with Crippen LogP contribution in [0.25, 0.3) is 0 Å². The molecule has 1 unspecified atom stereocenters. The van der Waals surface area contributed by atoms with Gasteiger partial charge in [-0.15, -0.1) is 0 Å². The third-order valence-corrected chi connectivity index (χ3v) is 3.75. The zero-order valence-corrected chi connectivity index (χ0v) is 11.8. The Morgan fingerprint density at radius 2 is 2.28 bits per heavy atom. The van der Waals surface area contributed by atoms with Crippen LogP contribution in [-0.4, -0.2) is 35.7 Å². The van der Waals surface area contributed by atoms with Crippen LogP contribution < -0.4 is 5.32 Å². The van der Waals surface area contributed by atoms with Gasteiger partial charge in [-0.2, -0.15) is 0 Å². The van der Waals surface area contributed by atoms with Gasteiger partial charge in [-0.3, -0.25) is 4.90 Å². The summed E-state index contributed by atoms with van der Waals surface area (Å²) in [5.41, 5.74) is 2.31. The Morgan fingerprint density at radius 3 is 2.94 bits per heavy atom. The molecule has 2 rings (SSSR count). The van der Waals surface area contributed by atoms with Crippen LogP contribution in [0, 0.1) is 13.8 Å². The molecule has 1 aliphatic heterocycles. The number of hydrogen-bond donors (Lipinski definition) is 1. The molecule has 0 amide bonds. The predicted molar refractivity (Wildman–Crippen MR) is 72.6 cm³/mol. The van der Waals surface area contributed by atoms with Crippen LogP contribution in [0.2, 0.25) is 0 Å². The van der Waals surface area contributed by atoms with Crippen LogP contribution >= 0.6 is 0 Å². The summed E-state index contributed by atoms with van der Waals surface area (Å²) in [7, 11) is 0. The van der Waals surface area contributed by atoms with Gasteiger partial charge in [0.1, 0.15) is 5.76 Å². The van der Waals surface area contributed by atoms with Crippen molar-refractivity contribution in [2.24, 2.45) is 0 Å². The number of hydrogen-bond acceptors (Lipinski definition) is 4. The van der Waals surface area contributed by atoms with E-state index in [1.54, 1.807) is 0 Å². The van der Waals surface area contributed by atoms with E-state index in [0.29, 0.717) is 6.04 Å². The van der Waals surface area contributed by atoms with Gasteiger partial charge in [0.25, 0.3) is 0 Å². The molecule has 0 spiro atoms. The Bertz CT molecular complexity index is 356. The molecule has 1 aromatic heterocycles. The van der Waals surface area contributed by atoms with Crippen molar-refractivity contribution >= 4 is 0 Å². The lowest BCUT2D eigenvalue weighted by molar-refractivity contribution is 0.182. The van der Waals surface area contributed by atoms with Gasteiger partial charge in [0.15, 0.2) is 0 Å². The summed E-state index contributed by atoms with van der Waals surface area (Å²) in [6, 6.07) is 0.652. The quantitative estimate of drug-likeness (QED) is 0.871. The SMILES string of the molecule is CCCNC1CCCN(Cc2c(C)noc2C)C1. The molecule has 1 aromatic rings. The fraction of sp³-hybridized carbons (Fsp3) is 0.786. The van der Waals surface area contributed by atoms with Gasteiger partial charge in [0.05, 0.1) is 5.69 Å². The predicted octanol–water partition coefficient (Wildman–Crippen LogP) is 2.26. The molecule has 0 bridgehead atoms. The van der Waals surface area contributed by atoms with Crippen LogP contribution in [0.5, 0.6) is 0 Å². The van der Waals surface area contributed by atoms with Crippen molar-refractivity contribution in [1.82, 2.24) is 15.4 Å². The first-order valence-electron chi connectivity index (χ1n) is 7.08. The van der Waals surface area contributed by atoms with Crippen molar-refractivity contribution in [2.75, 3.05) is 19.6 Å². The fourth-order valence-electron chi connectivity index (χ4n) is 2.67. The van der Waals surface area contributed by atoms with Crippen LogP contribution in [0.3, 0.4) is 0 Å². The second-order valence-electron chi connectivity index (χ2n) is 5.33. The molecular formula is C14H25N3O. The molecule has 0 aromatic carbocycles. The number of nitrogens with one attached hydrogen (secondary N) is 1. The van der Waals surface area contributed by atoms with Crippen molar-refractivity contribution in [3.63, 3.8) is 0 Å². The van der Waals surface area contributed by atoms with E-state index in [4.69, 9.17) is 4.52 Å². The molecule has 1 saturated heterocycles. The Kier molecular flexibility index (Phi) is 4.78. The Morgan fingerprint density at radius 1 is 1.44 bits per heavy atom. The van der Waals surface area contributed by atoms with Gasteiger partial charge in [-0.1, -0.05) is 12.1 Å². The summed E-state index contributed by atoms with van der Waals surface area (Å²) in [5.74, 6) is 0.969. The van der Waals surface area contributed by atoms with Crippen molar-refractivity contribution in [3.05, 3.63) is 17.0 Å². The number of rotatable bonds is 5. The average Bonchev–Trinajstić information content (AvgIpc) is 2.69. The van der Waals surface area contributed by atoms with E-state index in [0.717, 1.165) is 31.1 Å². The molecule has 1 N–H and O–H groups in total. The minimum atomic E-state index is 0.652. The zero-order valence-electron chi connectivity index (χ0n) is 11.8. The largest absolute Gasteiger partial charge is 0.361 e. The normalized spacial score (nSPS) is 21.4. The maximum Gasteiger partial charge on any atom is 0.138 e. The highest BCUT2D eigenvalue weighted by atomic mass is 16.5. The van der Waals surface area contributed by atoms with E-state index in [1.165, 1.54) is 31.4 Å². The number of aromatic nitrogens is 1. The number of likely N-dealkylation sites (tertiary alicyclic amines) is 1. The van der Waals surface area contributed by atoms with Crippen molar-refractivity contribution < 1.29 is 4.52 Å². The van der Waals surface area contributed by atoms with Gasteiger partial charge in [-0.05, 0) is 46.2 Å². The second kappa shape index (κ2) is 6.34. The molecule has 1 fully saturated rings. The lowest BCUT2D eigenvalue weighted by Crippen LogP contribution is -2.45. The zero-order chi connectivity index (χ0) is 13.0. The first-order chi connectivity index (χ1) is 8.70. The topological polar surface area (TPSA) is 41.3 Å². The summed E-state index contributed by atoms with van der Waals surface area (Å²) in [6.07, 6.45) is 3.79. The number of aryl methyl sites for hydroxylation is 2. The highest BCUT2D eigenvalue weighted by Crippen LogP contribution is 2.18. The highest BCUT2D eigenvalue weighted by molar-refractivity contribution is 5.20. The Labute approximate surface area is 110 Å². The van der Waals surface area contributed by atoms with Gasteiger partial charge in [0, 0.05) is 24.7 Å². The number of nitrogens with zero attached hydrogens (tertiary/aromatic N) is 2. The molecule has 4 nitrogen and oxygen atoms in total. The molecular weight excluding hydrogens is 226 g/mol. The van der Waals surface area contributed by atoms with Crippen molar-refractivity contribution in [1.29, 1.82) is 0 Å². The monoisotopic (exact) mass is 251 g/mol. The van der Waals surface area contributed by atoms with Crippen molar-refractivity contribution in [2.45, 2.75) is 52.6 Å². The molecule has 2 heterocycles. The molecule has 1 aliphatic rings. The van der Waals surface area contributed by atoms with E-state index < -0.39 is 0 Å². The summed E-state index contributed by atoms with van der Waals surface area (Å²) >= 11 is 0. The Balaban J connectivity index is 1.89. The van der Waals surface area contributed by atoms with Crippen LogP contribution in [0.15, 0.2) is 4.52 Å². The van der Waals surface area contributed by atoms with Crippen LogP contribution in [0.1, 0.15) is 43.2 Å². The minimum absolute atomic E-state index is 0.652. The molecule has 1 atom stereocenters. The molecule has 0 radical (unpaired) electrons. The second-order valence-corrected chi connectivity index (χ2v) is 5.33. The van der Waals surface area contributed by atoms with Gasteiger partial charge in [-0.25, -0.2) is 0 Å². The lowest BCUT2D eigenvalue weighted by Gasteiger charge is -2.33. The molecule has 102 valence electrons. The van der Waals surface area contributed by atoms with E-state index in [9.17, 15) is 0 Å². The molecule has 18 heavy (non-hydrogen) atoms. The fourth-order valence-corrected chi connectivity index (χ4v) is 2.67. The summed E-state index contributed by atoms with van der Waals surface area (Å²) < 4.78 is 5.24. The lowest BCUT2D eigenvalue weighted by atomic mass is 10.0. The maximum atomic E-state index is 5.24. The first kappa shape index (κ1) is 13.6. The molecule has 4 heteroatoms. The maximum absolute atomic E-state index is 5.24. The molecule has 0 aliphatic carbocycles. The van der Waals surface area contributed by atoms with Crippen molar-refractivity contribution in [3.8, 4) is 0 Å². The smallest absolute Gasteiger partial charge is 0.138 e. The van der Waals surface area contributed by atoms with Crippen LogP contribution in [0.4, 0.5) is 0 Å². The minimum Gasteiger partial charge on any atom is -0.361 e. The van der Waals surface area contributed by atoms with E-state index in [2.05, 4.69) is 22.3 Å². The highest BCUT2D eigenvalue weighted by Gasteiger charge is 2.21. The number of piperidine rings is 1. The van der Waals surface area contributed by atoms with E-state index >= 15 is 0 Å². The summed E-state index contributed by atoms with van der Waals surface area (Å²) in [6.45, 7) is 10.7. The Hall–Kier alpha value is -0.870. The third kappa shape index (κ3) is 3.33. The first-order valence-corrected chi connectivity index (χ1v) is 7.08. The van der Waals surface area contributed by atoms with Gasteiger partial charge >= 0.3 is 0 Å². The summed E-state index contributed by atoms with van der Waals surface area (Å²) in [4.78, 5) is 2.52. The van der Waals surface area contributed by atoms with E-state index in [1.807, 2.05) is 13.8 Å². The van der Waals surface area contributed by atoms with Gasteiger partial charge < -0.3 is 9.84 Å². The van der Waals surface area contributed by atoms with Gasteiger partial charge in [0.2, 0.25) is 0 Å².